The first-order valence-electron chi connectivity index (χ1n) is 12.4. The van der Waals surface area contributed by atoms with Crippen LogP contribution in [0.4, 0.5) is 0 Å². The summed E-state index contributed by atoms with van der Waals surface area (Å²) < 4.78 is 4.99. The van der Waals surface area contributed by atoms with Gasteiger partial charge >= 0.3 is 11.9 Å². The van der Waals surface area contributed by atoms with Crippen molar-refractivity contribution in [1.29, 1.82) is 0 Å². The van der Waals surface area contributed by atoms with Crippen molar-refractivity contribution < 1.29 is 19.4 Å². The molecular formula is C30H24Cl2N2O4S2. The van der Waals surface area contributed by atoms with Crippen molar-refractivity contribution in [3.8, 4) is 0 Å². The Morgan fingerprint density at radius 2 is 1.20 bits per heavy atom. The Kier molecular flexibility index (Phi) is 8.61. The molecule has 0 fully saturated rings. The van der Waals surface area contributed by atoms with Crippen LogP contribution < -0.4 is 0 Å². The van der Waals surface area contributed by atoms with Gasteiger partial charge in [0.1, 0.15) is 21.0 Å². The molecule has 0 radical (unpaired) electrons. The minimum atomic E-state index is -0.928. The fraction of sp³-hybridized carbons (Fsp3) is 0.133. The summed E-state index contributed by atoms with van der Waals surface area (Å²) in [5.41, 5.74) is 3.15. The highest BCUT2D eigenvalue weighted by Gasteiger charge is 2.13. The number of benzene rings is 2. The van der Waals surface area contributed by atoms with E-state index in [4.69, 9.17) is 33.0 Å². The van der Waals surface area contributed by atoms with Gasteiger partial charge in [0, 0.05) is 43.4 Å². The standard InChI is InChI=1S/C16H14ClNO2S.C14H10ClNO2S/c1-2-20-16(19)14-9-11-8-13(21-15(11)18-14)7-10-3-5-12(17)6-4-10;15-10-3-1-8(2-4-10)5-11-6-9-7-12(14(17)18)16-13(9)19-11/h3-6,8-9,18H,2,7H2,1H3;1-4,6-7,16H,5H2,(H,17,18). The van der Waals surface area contributed by atoms with Gasteiger partial charge in [-0.25, -0.2) is 9.59 Å². The first-order chi connectivity index (χ1) is 19.3. The summed E-state index contributed by atoms with van der Waals surface area (Å²) in [5.74, 6) is -1.23. The summed E-state index contributed by atoms with van der Waals surface area (Å²) in [6.07, 6.45) is 1.69. The molecule has 0 aliphatic carbocycles. The number of aromatic nitrogens is 2. The third kappa shape index (κ3) is 6.77. The Labute approximate surface area is 248 Å². The zero-order valence-corrected chi connectivity index (χ0v) is 24.4. The van der Waals surface area contributed by atoms with Crippen LogP contribution in [0.25, 0.3) is 20.4 Å². The summed E-state index contributed by atoms with van der Waals surface area (Å²) in [6.45, 7) is 2.18. The van der Waals surface area contributed by atoms with E-state index in [2.05, 4.69) is 16.0 Å². The van der Waals surface area contributed by atoms with Gasteiger partial charge in [-0.05, 0) is 66.6 Å². The minimum Gasteiger partial charge on any atom is -0.477 e. The van der Waals surface area contributed by atoms with Gasteiger partial charge in [0.05, 0.1) is 6.61 Å². The van der Waals surface area contributed by atoms with E-state index in [-0.39, 0.29) is 11.7 Å². The van der Waals surface area contributed by atoms with Crippen LogP contribution in [-0.4, -0.2) is 33.6 Å². The average molecular weight is 612 g/mol. The van der Waals surface area contributed by atoms with Crippen LogP contribution in [0.2, 0.25) is 10.0 Å². The number of thiophene rings is 2. The third-order valence-corrected chi connectivity index (χ3v) is 8.67. The van der Waals surface area contributed by atoms with Crippen molar-refractivity contribution in [2.75, 3.05) is 6.61 Å². The van der Waals surface area contributed by atoms with Crippen molar-refractivity contribution in [2.45, 2.75) is 19.8 Å². The van der Waals surface area contributed by atoms with E-state index in [1.54, 1.807) is 35.7 Å². The number of carbonyl (C=O) groups excluding carboxylic acids is 1. The number of H-pyrrole nitrogens is 2. The number of aromatic amines is 2. The topological polar surface area (TPSA) is 95.2 Å². The van der Waals surface area contributed by atoms with E-state index < -0.39 is 5.97 Å². The Bertz CT molecular complexity index is 1720. The lowest BCUT2D eigenvalue weighted by atomic mass is 10.1. The van der Waals surface area contributed by atoms with Crippen LogP contribution >= 0.6 is 45.9 Å². The van der Waals surface area contributed by atoms with Crippen LogP contribution in [0.3, 0.4) is 0 Å². The molecule has 2 aromatic carbocycles. The molecule has 3 N–H and O–H groups in total. The number of rotatable bonds is 7. The number of hydrogen-bond donors (Lipinski definition) is 3. The maximum absolute atomic E-state index is 11.7. The molecule has 0 bridgehead atoms. The molecule has 0 amide bonds. The number of fused-ring (bicyclic) bond motifs is 2. The van der Waals surface area contributed by atoms with Gasteiger partial charge in [-0.2, -0.15) is 0 Å². The molecule has 204 valence electrons. The summed E-state index contributed by atoms with van der Waals surface area (Å²) in [6, 6.07) is 23.2. The Morgan fingerprint density at radius 1 is 0.750 bits per heavy atom. The second-order valence-corrected chi connectivity index (χ2v) is 12.1. The van der Waals surface area contributed by atoms with E-state index in [1.165, 1.54) is 20.9 Å². The molecule has 0 aliphatic heterocycles. The van der Waals surface area contributed by atoms with Crippen molar-refractivity contribution in [3.63, 3.8) is 0 Å². The quantitative estimate of drug-likeness (QED) is 0.157. The van der Waals surface area contributed by atoms with Gasteiger partial charge in [0.25, 0.3) is 0 Å². The summed E-state index contributed by atoms with van der Waals surface area (Å²) in [7, 11) is 0. The zero-order valence-electron chi connectivity index (χ0n) is 21.3. The molecule has 4 heterocycles. The molecule has 6 nitrogen and oxygen atoms in total. The lowest BCUT2D eigenvalue weighted by Gasteiger charge is -1.99. The summed E-state index contributed by atoms with van der Waals surface area (Å²) in [5, 5.41) is 12.4. The predicted molar refractivity (Wildman–Crippen MR) is 164 cm³/mol. The van der Waals surface area contributed by atoms with E-state index in [0.29, 0.717) is 12.3 Å². The number of carboxylic acid groups (broad SMARTS) is 1. The van der Waals surface area contributed by atoms with Gasteiger partial charge in [0.15, 0.2) is 0 Å². The minimum absolute atomic E-state index is 0.235. The van der Waals surface area contributed by atoms with Gasteiger partial charge in [-0.15, -0.1) is 22.7 Å². The highest BCUT2D eigenvalue weighted by Crippen LogP contribution is 2.29. The number of esters is 1. The molecule has 0 saturated heterocycles. The van der Waals surface area contributed by atoms with Crippen LogP contribution in [0.5, 0.6) is 0 Å². The number of nitrogens with one attached hydrogen (secondary N) is 2. The SMILES string of the molecule is CCOC(=O)c1cc2cc(Cc3ccc(Cl)cc3)sc2[nH]1.O=C(O)c1cc2cc(Cc3ccc(Cl)cc3)sc2[nH]1. The molecule has 40 heavy (non-hydrogen) atoms. The number of ether oxygens (including phenoxy) is 1. The van der Waals surface area contributed by atoms with Gasteiger partial charge in [-0.1, -0.05) is 47.5 Å². The fourth-order valence-corrected chi connectivity index (χ4v) is 6.59. The van der Waals surface area contributed by atoms with Crippen molar-refractivity contribution >= 4 is 78.2 Å². The van der Waals surface area contributed by atoms with Crippen LogP contribution in [0.1, 0.15) is 48.8 Å². The fourth-order valence-electron chi connectivity index (χ4n) is 4.17. The van der Waals surface area contributed by atoms with Crippen molar-refractivity contribution in [2.24, 2.45) is 0 Å². The third-order valence-electron chi connectivity index (χ3n) is 6.03. The van der Waals surface area contributed by atoms with Crippen LogP contribution in [0.15, 0.2) is 72.8 Å². The molecule has 0 unspecified atom stereocenters. The van der Waals surface area contributed by atoms with Crippen LogP contribution in [-0.2, 0) is 17.6 Å². The molecule has 6 rings (SSSR count). The Morgan fingerprint density at radius 3 is 1.62 bits per heavy atom. The second kappa shape index (κ2) is 12.3. The summed E-state index contributed by atoms with van der Waals surface area (Å²) >= 11 is 15.0. The lowest BCUT2D eigenvalue weighted by Crippen LogP contribution is -2.04. The highest BCUT2D eigenvalue weighted by atomic mass is 35.5. The lowest BCUT2D eigenvalue weighted by molar-refractivity contribution is 0.0520. The molecule has 4 aromatic heterocycles. The number of aromatic carboxylic acids is 1. The normalized spacial score (nSPS) is 11.0. The second-order valence-electron chi connectivity index (χ2n) is 8.99. The monoisotopic (exact) mass is 610 g/mol. The highest BCUT2D eigenvalue weighted by molar-refractivity contribution is 7.19. The van der Waals surface area contributed by atoms with E-state index in [0.717, 1.165) is 43.3 Å². The summed E-state index contributed by atoms with van der Waals surface area (Å²) in [4.78, 5) is 32.9. The number of carboxylic acids is 1. The molecule has 0 aliphatic rings. The molecule has 0 saturated carbocycles. The molecule has 10 heteroatoms. The largest absolute Gasteiger partial charge is 0.477 e. The Balaban J connectivity index is 0.000000162. The maximum atomic E-state index is 11.7. The smallest absolute Gasteiger partial charge is 0.354 e. The van der Waals surface area contributed by atoms with Crippen molar-refractivity contribution in [1.82, 2.24) is 9.97 Å². The molecule has 0 spiro atoms. The maximum Gasteiger partial charge on any atom is 0.354 e. The number of hydrogen-bond acceptors (Lipinski definition) is 5. The van der Waals surface area contributed by atoms with E-state index in [1.807, 2.05) is 60.7 Å². The predicted octanol–water partition coefficient (Wildman–Crippen LogP) is 8.82. The Hall–Kier alpha value is -3.56. The molecule has 6 aromatic rings. The van der Waals surface area contributed by atoms with E-state index in [9.17, 15) is 9.59 Å². The zero-order chi connectivity index (χ0) is 28.2. The van der Waals surface area contributed by atoms with Gasteiger partial charge in [0.2, 0.25) is 0 Å². The molecule has 0 atom stereocenters. The van der Waals surface area contributed by atoms with Gasteiger partial charge in [-0.3, -0.25) is 0 Å². The first kappa shape index (κ1) is 28.0. The first-order valence-corrected chi connectivity index (χ1v) is 14.8. The number of halogens is 2. The number of carbonyl (C=O) groups is 2. The van der Waals surface area contributed by atoms with Gasteiger partial charge < -0.3 is 19.8 Å². The average Bonchev–Trinajstić information content (AvgIpc) is 3.67. The van der Waals surface area contributed by atoms with E-state index >= 15 is 0 Å². The molecular weight excluding hydrogens is 587 g/mol. The van der Waals surface area contributed by atoms with Crippen LogP contribution in [0, 0.1) is 0 Å². The van der Waals surface area contributed by atoms with Crippen molar-refractivity contribution in [3.05, 3.63) is 115 Å².